The third-order valence-corrected chi connectivity index (χ3v) is 3.49. The molecular formula is C9H11ClN2O3S. The number of rotatable bonds is 2. The number of esters is 1. The van der Waals surface area contributed by atoms with E-state index in [0.717, 1.165) is 5.13 Å². The molecule has 0 spiro atoms. The van der Waals surface area contributed by atoms with Gasteiger partial charge >= 0.3 is 5.97 Å². The van der Waals surface area contributed by atoms with Gasteiger partial charge in [-0.05, 0) is 0 Å². The highest BCUT2D eigenvalue weighted by atomic mass is 35.5. The monoisotopic (exact) mass is 262 g/mol. The normalized spacial score (nSPS) is 20.9. The van der Waals surface area contributed by atoms with Crippen LogP contribution in [0.1, 0.15) is 0 Å². The quantitative estimate of drug-likeness (QED) is 0.749. The van der Waals surface area contributed by atoms with E-state index in [1.807, 2.05) is 4.90 Å². The van der Waals surface area contributed by atoms with Crippen LogP contribution in [0.5, 0.6) is 0 Å². The SMILES string of the molecule is COC(=O)C1CN(c2nc(Cl)cs2)CCO1. The molecule has 0 aromatic carbocycles. The highest BCUT2D eigenvalue weighted by molar-refractivity contribution is 7.14. The summed E-state index contributed by atoms with van der Waals surface area (Å²) in [5.41, 5.74) is 0. The Morgan fingerprint density at radius 1 is 1.81 bits per heavy atom. The third-order valence-electron chi connectivity index (χ3n) is 2.27. The topological polar surface area (TPSA) is 51.7 Å². The molecule has 0 radical (unpaired) electrons. The van der Waals surface area contributed by atoms with Gasteiger partial charge in [0.25, 0.3) is 0 Å². The molecule has 2 rings (SSSR count). The first-order chi connectivity index (χ1) is 7.70. The van der Waals surface area contributed by atoms with Crippen molar-refractivity contribution in [2.24, 2.45) is 0 Å². The van der Waals surface area contributed by atoms with Crippen molar-refractivity contribution in [3.05, 3.63) is 10.5 Å². The first kappa shape index (κ1) is 11.6. The van der Waals surface area contributed by atoms with Gasteiger partial charge in [-0.15, -0.1) is 11.3 Å². The predicted molar refractivity (Wildman–Crippen MR) is 61.1 cm³/mol. The van der Waals surface area contributed by atoms with Gasteiger partial charge in [0.2, 0.25) is 0 Å². The average Bonchev–Trinajstić information content (AvgIpc) is 2.75. The molecule has 0 amide bonds. The molecule has 1 aromatic rings. The van der Waals surface area contributed by atoms with Gasteiger partial charge in [-0.2, -0.15) is 0 Å². The van der Waals surface area contributed by atoms with E-state index in [4.69, 9.17) is 16.3 Å². The van der Waals surface area contributed by atoms with Crippen molar-refractivity contribution < 1.29 is 14.3 Å². The molecule has 1 unspecified atom stereocenters. The Balaban J connectivity index is 2.04. The second kappa shape index (κ2) is 4.99. The number of hydrogen-bond donors (Lipinski definition) is 0. The molecule has 1 aliphatic rings. The van der Waals surface area contributed by atoms with Gasteiger partial charge in [0, 0.05) is 11.9 Å². The van der Waals surface area contributed by atoms with Crippen molar-refractivity contribution in [1.82, 2.24) is 4.98 Å². The second-order valence-electron chi connectivity index (χ2n) is 3.28. The Morgan fingerprint density at radius 3 is 3.25 bits per heavy atom. The minimum absolute atomic E-state index is 0.354. The van der Waals surface area contributed by atoms with E-state index in [9.17, 15) is 4.79 Å². The van der Waals surface area contributed by atoms with Crippen molar-refractivity contribution in [3.63, 3.8) is 0 Å². The van der Waals surface area contributed by atoms with Gasteiger partial charge in [-0.1, -0.05) is 11.6 Å². The Hall–Kier alpha value is -0.850. The lowest BCUT2D eigenvalue weighted by Gasteiger charge is -2.31. The fourth-order valence-corrected chi connectivity index (χ4v) is 2.47. The van der Waals surface area contributed by atoms with Crippen molar-refractivity contribution in [3.8, 4) is 0 Å². The number of aromatic nitrogens is 1. The second-order valence-corrected chi connectivity index (χ2v) is 4.51. The maximum atomic E-state index is 11.3. The highest BCUT2D eigenvalue weighted by Gasteiger charge is 2.28. The van der Waals surface area contributed by atoms with E-state index in [1.54, 1.807) is 5.38 Å². The molecule has 1 aliphatic heterocycles. The summed E-state index contributed by atoms with van der Waals surface area (Å²) in [6.45, 7) is 1.64. The van der Waals surface area contributed by atoms with Crippen LogP contribution in [-0.2, 0) is 14.3 Å². The zero-order valence-corrected chi connectivity index (χ0v) is 10.3. The predicted octanol–water partition coefficient (Wildman–Crippen LogP) is 1.17. The molecule has 0 bridgehead atoms. The van der Waals surface area contributed by atoms with Crippen LogP contribution in [-0.4, -0.2) is 43.9 Å². The van der Waals surface area contributed by atoms with Crippen molar-refractivity contribution in [1.29, 1.82) is 0 Å². The van der Waals surface area contributed by atoms with Crippen LogP contribution in [0.15, 0.2) is 5.38 Å². The lowest BCUT2D eigenvalue weighted by Crippen LogP contribution is -2.46. The number of anilines is 1. The number of thiazole rings is 1. The average molecular weight is 263 g/mol. The smallest absolute Gasteiger partial charge is 0.336 e. The lowest BCUT2D eigenvalue weighted by molar-refractivity contribution is -0.154. The molecule has 16 heavy (non-hydrogen) atoms. The fourth-order valence-electron chi connectivity index (χ4n) is 1.49. The third kappa shape index (κ3) is 2.45. The van der Waals surface area contributed by atoms with Crippen LogP contribution in [0, 0.1) is 0 Å². The molecule has 0 N–H and O–H groups in total. The van der Waals surface area contributed by atoms with E-state index < -0.39 is 6.10 Å². The molecule has 1 saturated heterocycles. The molecular weight excluding hydrogens is 252 g/mol. The number of halogens is 1. The minimum Gasteiger partial charge on any atom is -0.467 e. The first-order valence-corrected chi connectivity index (χ1v) is 6.02. The largest absolute Gasteiger partial charge is 0.467 e. The number of nitrogens with zero attached hydrogens (tertiary/aromatic N) is 2. The molecule has 88 valence electrons. The van der Waals surface area contributed by atoms with E-state index in [1.165, 1.54) is 18.4 Å². The molecule has 1 atom stereocenters. The van der Waals surface area contributed by atoms with Crippen LogP contribution in [0.3, 0.4) is 0 Å². The first-order valence-electron chi connectivity index (χ1n) is 4.76. The Morgan fingerprint density at radius 2 is 2.62 bits per heavy atom. The summed E-state index contributed by atoms with van der Waals surface area (Å²) in [5, 5.41) is 3.04. The van der Waals surface area contributed by atoms with Gasteiger partial charge in [0.15, 0.2) is 11.2 Å². The molecule has 0 saturated carbocycles. The van der Waals surface area contributed by atoms with Crippen molar-refractivity contribution >= 4 is 34.0 Å². The zero-order valence-electron chi connectivity index (χ0n) is 8.68. The van der Waals surface area contributed by atoms with Gasteiger partial charge in [0.05, 0.1) is 20.3 Å². The number of morpholine rings is 1. The number of carbonyl (C=O) groups excluding carboxylic acids is 1. The molecule has 1 fully saturated rings. The summed E-state index contributed by atoms with van der Waals surface area (Å²) in [7, 11) is 1.35. The van der Waals surface area contributed by atoms with E-state index in [2.05, 4.69) is 9.72 Å². The van der Waals surface area contributed by atoms with Crippen LogP contribution >= 0.6 is 22.9 Å². The summed E-state index contributed by atoms with van der Waals surface area (Å²) < 4.78 is 9.96. The maximum absolute atomic E-state index is 11.3. The van der Waals surface area contributed by atoms with Gasteiger partial charge in [-0.25, -0.2) is 9.78 Å². The van der Waals surface area contributed by atoms with Crippen LogP contribution < -0.4 is 4.90 Å². The lowest BCUT2D eigenvalue weighted by atomic mass is 10.3. The van der Waals surface area contributed by atoms with E-state index in [0.29, 0.717) is 24.8 Å². The highest BCUT2D eigenvalue weighted by Crippen LogP contribution is 2.24. The van der Waals surface area contributed by atoms with E-state index >= 15 is 0 Å². The van der Waals surface area contributed by atoms with Crippen LogP contribution in [0.25, 0.3) is 0 Å². The zero-order chi connectivity index (χ0) is 11.5. The summed E-state index contributed by atoms with van der Waals surface area (Å²) in [4.78, 5) is 17.5. The number of methoxy groups -OCH3 is 1. The van der Waals surface area contributed by atoms with Gasteiger partial charge < -0.3 is 14.4 Å². The van der Waals surface area contributed by atoms with E-state index in [-0.39, 0.29) is 5.97 Å². The summed E-state index contributed by atoms with van der Waals surface area (Å²) in [6, 6.07) is 0. The molecule has 7 heteroatoms. The molecule has 2 heterocycles. The number of ether oxygens (including phenoxy) is 2. The Kier molecular flexibility index (Phi) is 3.63. The summed E-state index contributed by atoms with van der Waals surface area (Å²) >= 11 is 7.21. The van der Waals surface area contributed by atoms with Crippen LogP contribution in [0.2, 0.25) is 5.15 Å². The number of carbonyl (C=O) groups is 1. The van der Waals surface area contributed by atoms with Crippen molar-refractivity contribution in [2.75, 3.05) is 31.7 Å². The fraction of sp³-hybridized carbons (Fsp3) is 0.556. The molecule has 1 aromatic heterocycles. The van der Waals surface area contributed by atoms with Gasteiger partial charge in [-0.3, -0.25) is 0 Å². The number of hydrogen-bond acceptors (Lipinski definition) is 6. The molecule has 5 nitrogen and oxygen atoms in total. The minimum atomic E-state index is -0.540. The molecule has 0 aliphatic carbocycles. The maximum Gasteiger partial charge on any atom is 0.336 e. The summed E-state index contributed by atoms with van der Waals surface area (Å²) in [5.74, 6) is -0.354. The summed E-state index contributed by atoms with van der Waals surface area (Å²) in [6.07, 6.45) is -0.540. The van der Waals surface area contributed by atoms with Gasteiger partial charge in [0.1, 0.15) is 5.15 Å². The Labute approximate surface area is 102 Å². The Bertz CT molecular complexity index is 385. The van der Waals surface area contributed by atoms with Crippen LogP contribution in [0.4, 0.5) is 5.13 Å². The standard InChI is InChI=1S/C9H11ClN2O3S/c1-14-8(13)6-4-12(2-3-15-6)9-11-7(10)5-16-9/h5-6H,2-4H2,1H3. The van der Waals surface area contributed by atoms with Crippen molar-refractivity contribution in [2.45, 2.75) is 6.10 Å².